The molecule has 2 heterocycles. The summed E-state index contributed by atoms with van der Waals surface area (Å²) in [5.41, 5.74) is 0. The number of rotatable bonds is 4. The van der Waals surface area contributed by atoms with Crippen molar-refractivity contribution >= 4 is 17.7 Å². The van der Waals surface area contributed by atoms with Crippen molar-refractivity contribution in [1.29, 1.82) is 5.26 Å². The molecule has 0 bridgehead atoms. The normalized spacial score (nSPS) is 31.1. The van der Waals surface area contributed by atoms with Crippen LogP contribution in [0.2, 0.25) is 0 Å². The topological polar surface area (TPSA) is 80.0 Å². The zero-order valence-electron chi connectivity index (χ0n) is 16.9. The smallest absolute Gasteiger partial charge is 0.475 e. The van der Waals surface area contributed by atoms with Crippen molar-refractivity contribution in [3.63, 3.8) is 0 Å². The molecule has 0 aromatic rings. The van der Waals surface area contributed by atoms with Crippen molar-refractivity contribution in [2.45, 2.75) is 76.9 Å². The predicted molar refractivity (Wildman–Crippen MR) is 102 cm³/mol. The molecule has 166 valence electrons. The molecule has 0 aromatic carbocycles. The molecule has 3 rings (SSSR count). The number of halogens is 3. The predicted octanol–water partition coefficient (Wildman–Crippen LogP) is 3.30. The van der Waals surface area contributed by atoms with Gasteiger partial charge >= 0.3 is 12.1 Å². The first-order chi connectivity index (χ1) is 13.6. The Balaban J connectivity index is 0.000000370. The van der Waals surface area contributed by atoms with Crippen LogP contribution < -0.4 is 0 Å². The molecule has 2 unspecified atom stereocenters. The van der Waals surface area contributed by atoms with Crippen LogP contribution in [0.25, 0.3) is 0 Å². The van der Waals surface area contributed by atoms with E-state index in [9.17, 15) is 18.4 Å². The van der Waals surface area contributed by atoms with Crippen LogP contribution in [-0.4, -0.2) is 74.9 Å². The van der Waals surface area contributed by atoms with Crippen molar-refractivity contribution in [3.05, 3.63) is 0 Å². The summed E-state index contributed by atoms with van der Waals surface area (Å²) in [6.45, 7) is 7.57. The van der Waals surface area contributed by atoms with E-state index in [2.05, 4.69) is 41.9 Å². The molecular formula is C18H29F3N4O3S. The van der Waals surface area contributed by atoms with Crippen LogP contribution in [0.5, 0.6) is 0 Å². The van der Waals surface area contributed by atoms with Gasteiger partial charge in [-0.3, -0.25) is 9.74 Å². The molecule has 3 aliphatic rings. The molecule has 29 heavy (non-hydrogen) atoms. The zero-order valence-corrected chi connectivity index (χ0v) is 17.7. The van der Waals surface area contributed by atoms with E-state index in [4.69, 9.17) is 14.7 Å². The van der Waals surface area contributed by atoms with Crippen LogP contribution in [0.3, 0.4) is 0 Å². The van der Waals surface area contributed by atoms with E-state index in [1.165, 1.54) is 25.7 Å². The van der Waals surface area contributed by atoms with Gasteiger partial charge < -0.3 is 5.11 Å². The number of hydrogen-bond acceptors (Lipinski definition) is 7. The maximum Gasteiger partial charge on any atom is 0.490 e. The number of hydrogen-bond donors (Lipinski definition) is 1. The van der Waals surface area contributed by atoms with Crippen LogP contribution in [0.4, 0.5) is 13.2 Å². The lowest BCUT2D eigenvalue weighted by Crippen LogP contribution is -2.69. The van der Waals surface area contributed by atoms with Gasteiger partial charge in [0.25, 0.3) is 0 Å². The lowest BCUT2D eigenvalue weighted by Gasteiger charge is -2.54. The standard InChI is InChI=1S/C16H28N4OS.C2HF3O2/c1-12(2)19(14-6-4-13(3)5-7-14)20-16(9-21-20)18-11-22-10-15(18)8-17;3-2(4,5)1(6)7/h12-16H,4-7,9-11H2,1-3H3;(H,6,7). The molecule has 11 heteroatoms. The van der Waals surface area contributed by atoms with Crippen LogP contribution in [0.1, 0.15) is 46.5 Å². The quantitative estimate of drug-likeness (QED) is 0.716. The summed E-state index contributed by atoms with van der Waals surface area (Å²) >= 11 is 1.85. The Morgan fingerprint density at radius 1 is 1.31 bits per heavy atom. The summed E-state index contributed by atoms with van der Waals surface area (Å²) in [6.07, 6.45) is 0.283. The highest BCUT2D eigenvalue weighted by molar-refractivity contribution is 7.99. The van der Waals surface area contributed by atoms with Gasteiger partial charge in [-0.2, -0.15) is 18.4 Å². The summed E-state index contributed by atoms with van der Waals surface area (Å²) in [4.78, 5) is 17.0. The number of thioether (sulfide) groups is 1. The Hall–Kier alpha value is -1.06. The van der Waals surface area contributed by atoms with E-state index in [-0.39, 0.29) is 12.2 Å². The fourth-order valence-corrected chi connectivity index (χ4v) is 4.99. The van der Waals surface area contributed by atoms with Crippen LogP contribution in [-0.2, 0) is 9.63 Å². The Labute approximate surface area is 173 Å². The molecule has 1 saturated carbocycles. The van der Waals surface area contributed by atoms with Gasteiger partial charge in [0.1, 0.15) is 18.8 Å². The Bertz CT molecular complexity index is 594. The van der Waals surface area contributed by atoms with Crippen molar-refractivity contribution in [2.75, 3.05) is 18.2 Å². The highest BCUT2D eigenvalue weighted by atomic mass is 32.2. The molecule has 2 aliphatic heterocycles. The number of carboxylic acid groups (broad SMARTS) is 1. The summed E-state index contributed by atoms with van der Waals surface area (Å²) in [6, 6.07) is 3.48. The minimum Gasteiger partial charge on any atom is -0.475 e. The fraction of sp³-hybridized carbons (Fsp3) is 0.889. The Morgan fingerprint density at radius 2 is 1.90 bits per heavy atom. The Kier molecular flexibility index (Phi) is 8.60. The van der Waals surface area contributed by atoms with E-state index in [0.29, 0.717) is 18.7 Å². The van der Waals surface area contributed by atoms with Crippen molar-refractivity contribution in [1.82, 2.24) is 15.1 Å². The minimum absolute atomic E-state index is 0.0294. The van der Waals surface area contributed by atoms with Gasteiger partial charge in [-0.15, -0.1) is 16.9 Å². The van der Waals surface area contributed by atoms with E-state index >= 15 is 0 Å². The first-order valence-corrected chi connectivity index (χ1v) is 10.9. The van der Waals surface area contributed by atoms with Crippen LogP contribution in [0.15, 0.2) is 0 Å². The van der Waals surface area contributed by atoms with E-state index < -0.39 is 12.1 Å². The second kappa shape index (κ2) is 10.3. The third-order valence-corrected chi connectivity index (χ3v) is 6.45. The number of alkyl halides is 3. The van der Waals surface area contributed by atoms with E-state index in [0.717, 1.165) is 17.5 Å². The maximum atomic E-state index is 10.6. The number of aliphatic carboxylic acids is 1. The lowest BCUT2D eigenvalue weighted by atomic mass is 9.87. The number of hydrazine groups is 1. The second-order valence-corrected chi connectivity index (χ2v) is 8.93. The van der Waals surface area contributed by atoms with Gasteiger partial charge in [0.2, 0.25) is 0 Å². The van der Waals surface area contributed by atoms with Gasteiger partial charge in [-0.1, -0.05) is 6.92 Å². The Morgan fingerprint density at radius 3 is 2.31 bits per heavy atom. The molecular weight excluding hydrogens is 409 g/mol. The number of nitrogens with zero attached hydrogens (tertiary/aromatic N) is 4. The first-order valence-electron chi connectivity index (χ1n) is 9.79. The molecule has 0 aromatic heterocycles. The number of carboxylic acids is 1. The van der Waals surface area contributed by atoms with Crippen molar-refractivity contribution < 1.29 is 27.9 Å². The van der Waals surface area contributed by atoms with Gasteiger partial charge in [-0.05, 0) is 45.4 Å². The van der Waals surface area contributed by atoms with E-state index in [1.807, 2.05) is 11.8 Å². The summed E-state index contributed by atoms with van der Waals surface area (Å²) in [7, 11) is 0. The average molecular weight is 439 g/mol. The number of carbonyl (C=O) groups is 1. The van der Waals surface area contributed by atoms with Gasteiger partial charge in [-0.25, -0.2) is 9.80 Å². The first kappa shape index (κ1) is 24.2. The third kappa shape index (κ3) is 6.21. The zero-order chi connectivity index (χ0) is 21.8. The molecule has 7 nitrogen and oxygen atoms in total. The van der Waals surface area contributed by atoms with Gasteiger partial charge in [0.15, 0.2) is 0 Å². The number of nitriles is 1. The fourth-order valence-electron chi connectivity index (χ4n) is 3.83. The monoisotopic (exact) mass is 438 g/mol. The lowest BCUT2D eigenvalue weighted by molar-refractivity contribution is -0.431. The van der Waals surface area contributed by atoms with Gasteiger partial charge in [0, 0.05) is 23.7 Å². The highest BCUT2D eigenvalue weighted by Crippen LogP contribution is 2.35. The minimum atomic E-state index is -5.08. The number of hydroxylamine groups is 1. The summed E-state index contributed by atoms with van der Waals surface area (Å²) < 4.78 is 31.7. The molecule has 1 N–H and O–H groups in total. The van der Waals surface area contributed by atoms with Crippen LogP contribution in [0, 0.1) is 17.2 Å². The highest BCUT2D eigenvalue weighted by Gasteiger charge is 2.46. The molecule has 2 saturated heterocycles. The van der Waals surface area contributed by atoms with Crippen molar-refractivity contribution in [2.24, 2.45) is 5.92 Å². The molecule has 0 radical (unpaired) electrons. The molecule has 0 amide bonds. The van der Waals surface area contributed by atoms with Crippen LogP contribution >= 0.6 is 11.8 Å². The molecule has 0 spiro atoms. The van der Waals surface area contributed by atoms with E-state index in [1.54, 1.807) is 0 Å². The second-order valence-electron chi connectivity index (χ2n) is 7.93. The maximum absolute atomic E-state index is 10.6. The molecule has 2 atom stereocenters. The third-order valence-electron chi connectivity index (χ3n) is 5.42. The van der Waals surface area contributed by atoms with Crippen molar-refractivity contribution in [3.8, 4) is 6.07 Å². The SMILES string of the molecule is CC1CCC(N(C(C)C)N2OCC2N2CSCC2C#N)CC1.O=C(O)C(F)(F)F. The molecule has 3 fully saturated rings. The largest absolute Gasteiger partial charge is 0.490 e. The summed E-state index contributed by atoms with van der Waals surface area (Å²) in [5, 5.41) is 21.0. The van der Waals surface area contributed by atoms with Gasteiger partial charge in [0.05, 0.1) is 6.07 Å². The summed E-state index contributed by atoms with van der Waals surface area (Å²) in [5.74, 6) is -0.0383. The molecule has 1 aliphatic carbocycles. The average Bonchev–Trinajstić information content (AvgIpc) is 3.07.